The quantitative estimate of drug-likeness (QED) is 0.830. The lowest BCUT2D eigenvalue weighted by atomic mass is 9.95. The van der Waals surface area contributed by atoms with E-state index in [1.54, 1.807) is 13.2 Å². The van der Waals surface area contributed by atoms with E-state index in [2.05, 4.69) is 10.1 Å². The Kier molecular flexibility index (Phi) is 5.02. The van der Waals surface area contributed by atoms with E-state index in [0.717, 1.165) is 45.0 Å². The number of ether oxygens (including phenoxy) is 1. The molecule has 3 saturated heterocycles. The SMILES string of the molecule is COCCN1C[C@@H]2CC[C@H]1CN(C(=O)c1cc(C(C)C)on1)C2. The molecule has 3 fully saturated rings. The van der Waals surface area contributed by atoms with Gasteiger partial charge >= 0.3 is 0 Å². The van der Waals surface area contributed by atoms with Crippen molar-refractivity contribution >= 4 is 5.91 Å². The van der Waals surface area contributed by atoms with Crippen LogP contribution in [0.15, 0.2) is 10.6 Å². The van der Waals surface area contributed by atoms with Crippen molar-refractivity contribution in [1.29, 1.82) is 0 Å². The number of hydrogen-bond acceptors (Lipinski definition) is 5. The second kappa shape index (κ2) is 7.01. The van der Waals surface area contributed by atoms with Crippen LogP contribution in [0.5, 0.6) is 0 Å². The number of amides is 1. The van der Waals surface area contributed by atoms with Crippen molar-refractivity contribution in [3.63, 3.8) is 0 Å². The van der Waals surface area contributed by atoms with Gasteiger partial charge in [0.25, 0.3) is 5.91 Å². The molecule has 0 aromatic carbocycles. The van der Waals surface area contributed by atoms with Crippen molar-refractivity contribution in [3.05, 3.63) is 17.5 Å². The first-order valence-electron chi connectivity index (χ1n) is 8.57. The molecule has 4 heterocycles. The van der Waals surface area contributed by atoms with Gasteiger partial charge in [-0.15, -0.1) is 0 Å². The fourth-order valence-electron chi connectivity index (χ4n) is 3.65. The predicted octanol–water partition coefficient (Wildman–Crippen LogP) is 1.98. The Bertz CT molecular complexity index is 543. The van der Waals surface area contributed by atoms with E-state index in [-0.39, 0.29) is 11.8 Å². The summed E-state index contributed by atoms with van der Waals surface area (Å²) in [5, 5.41) is 3.98. The fourth-order valence-corrected chi connectivity index (χ4v) is 3.65. The molecule has 128 valence electrons. The number of methoxy groups -OCH3 is 1. The average molecular weight is 321 g/mol. The van der Waals surface area contributed by atoms with Crippen LogP contribution >= 0.6 is 0 Å². The molecule has 3 aliphatic heterocycles. The fraction of sp³-hybridized carbons (Fsp3) is 0.765. The van der Waals surface area contributed by atoms with E-state index in [4.69, 9.17) is 9.26 Å². The smallest absolute Gasteiger partial charge is 0.276 e. The maximum atomic E-state index is 12.8. The van der Waals surface area contributed by atoms with Gasteiger partial charge in [0.15, 0.2) is 5.69 Å². The standard InChI is InChI=1S/C17H27N3O3/c1-12(2)16-8-15(18-23-16)17(21)20-10-13-4-5-14(11-20)19(9-13)6-7-22-3/h8,12-14H,4-7,9-11H2,1-3H3/t13-,14-/m0/s1. The average Bonchev–Trinajstić information content (AvgIpc) is 2.87. The van der Waals surface area contributed by atoms with Crippen molar-refractivity contribution in [2.75, 3.05) is 39.9 Å². The third-order valence-corrected chi connectivity index (χ3v) is 5.01. The highest BCUT2D eigenvalue weighted by Gasteiger charge is 2.37. The molecule has 0 radical (unpaired) electrons. The summed E-state index contributed by atoms with van der Waals surface area (Å²) in [6.07, 6.45) is 2.36. The summed E-state index contributed by atoms with van der Waals surface area (Å²) in [5.41, 5.74) is 0.443. The highest BCUT2D eigenvalue weighted by atomic mass is 16.5. The Morgan fingerprint density at radius 1 is 1.39 bits per heavy atom. The zero-order valence-electron chi connectivity index (χ0n) is 14.3. The first-order valence-corrected chi connectivity index (χ1v) is 8.57. The van der Waals surface area contributed by atoms with Gasteiger partial charge in [-0.1, -0.05) is 19.0 Å². The van der Waals surface area contributed by atoms with E-state index in [1.165, 1.54) is 6.42 Å². The van der Waals surface area contributed by atoms with Crippen LogP contribution in [-0.4, -0.2) is 66.8 Å². The number of aromatic nitrogens is 1. The van der Waals surface area contributed by atoms with Crippen molar-refractivity contribution in [2.24, 2.45) is 5.92 Å². The van der Waals surface area contributed by atoms with Crippen molar-refractivity contribution < 1.29 is 14.1 Å². The van der Waals surface area contributed by atoms with Crippen LogP contribution < -0.4 is 0 Å². The van der Waals surface area contributed by atoms with E-state index in [9.17, 15) is 4.79 Å². The monoisotopic (exact) mass is 321 g/mol. The first kappa shape index (κ1) is 16.5. The van der Waals surface area contributed by atoms with Crippen LogP contribution in [0.4, 0.5) is 0 Å². The molecule has 0 unspecified atom stereocenters. The predicted molar refractivity (Wildman–Crippen MR) is 86.5 cm³/mol. The van der Waals surface area contributed by atoms with E-state index >= 15 is 0 Å². The minimum atomic E-state index is 0.00569. The largest absolute Gasteiger partial charge is 0.383 e. The molecule has 1 amide bonds. The summed E-state index contributed by atoms with van der Waals surface area (Å²) in [6.45, 7) is 8.43. The van der Waals surface area contributed by atoms with Gasteiger partial charge in [0, 0.05) is 51.3 Å². The highest BCUT2D eigenvalue weighted by Crippen LogP contribution is 2.28. The van der Waals surface area contributed by atoms with E-state index in [0.29, 0.717) is 17.7 Å². The molecule has 3 aliphatic rings. The molecule has 0 N–H and O–H groups in total. The van der Waals surface area contributed by atoms with Crippen LogP contribution in [0.2, 0.25) is 0 Å². The van der Waals surface area contributed by atoms with Crippen molar-refractivity contribution in [3.8, 4) is 0 Å². The number of rotatable bonds is 5. The van der Waals surface area contributed by atoms with Gasteiger partial charge in [-0.3, -0.25) is 9.69 Å². The Balaban J connectivity index is 1.69. The minimum absolute atomic E-state index is 0.00569. The molecule has 1 aromatic heterocycles. The third kappa shape index (κ3) is 3.58. The maximum Gasteiger partial charge on any atom is 0.276 e. The maximum absolute atomic E-state index is 12.8. The van der Waals surface area contributed by atoms with Crippen molar-refractivity contribution in [1.82, 2.24) is 15.0 Å². The normalized spacial score (nSPS) is 25.1. The van der Waals surface area contributed by atoms with Gasteiger partial charge in [0.1, 0.15) is 5.76 Å². The molecule has 2 bridgehead atoms. The summed E-state index contributed by atoms with van der Waals surface area (Å²) in [6, 6.07) is 2.23. The van der Waals surface area contributed by atoms with Crippen LogP contribution in [0.25, 0.3) is 0 Å². The lowest BCUT2D eigenvalue weighted by molar-refractivity contribution is 0.0708. The van der Waals surface area contributed by atoms with Crippen LogP contribution in [0, 0.1) is 5.92 Å². The number of nitrogens with zero attached hydrogens (tertiary/aromatic N) is 3. The van der Waals surface area contributed by atoms with Gasteiger partial charge in [0.05, 0.1) is 6.61 Å². The summed E-state index contributed by atoms with van der Waals surface area (Å²) in [5.74, 6) is 1.57. The van der Waals surface area contributed by atoms with Gasteiger partial charge in [-0.2, -0.15) is 0 Å². The third-order valence-electron chi connectivity index (χ3n) is 5.01. The summed E-state index contributed by atoms with van der Waals surface area (Å²) in [4.78, 5) is 17.2. The number of hydrogen-bond donors (Lipinski definition) is 0. The summed E-state index contributed by atoms with van der Waals surface area (Å²) >= 11 is 0. The van der Waals surface area contributed by atoms with Crippen molar-refractivity contribution in [2.45, 2.75) is 38.6 Å². The summed E-state index contributed by atoms with van der Waals surface area (Å²) in [7, 11) is 1.74. The Morgan fingerprint density at radius 2 is 2.22 bits per heavy atom. The molecule has 0 aliphatic carbocycles. The lowest BCUT2D eigenvalue weighted by Crippen LogP contribution is -2.45. The number of piperidine rings is 1. The zero-order chi connectivity index (χ0) is 16.4. The van der Waals surface area contributed by atoms with Gasteiger partial charge in [-0.05, 0) is 18.8 Å². The summed E-state index contributed by atoms with van der Waals surface area (Å²) < 4.78 is 10.5. The van der Waals surface area contributed by atoms with Crippen LogP contribution in [-0.2, 0) is 4.74 Å². The Hall–Kier alpha value is -1.40. The molecule has 1 aromatic rings. The number of carbonyl (C=O) groups is 1. The first-order chi connectivity index (χ1) is 11.1. The van der Waals surface area contributed by atoms with E-state index < -0.39 is 0 Å². The molecule has 4 rings (SSSR count). The second-order valence-electron chi connectivity index (χ2n) is 7.06. The molecule has 2 atom stereocenters. The molecular weight excluding hydrogens is 294 g/mol. The number of fused-ring (bicyclic) bond motifs is 4. The van der Waals surface area contributed by atoms with Gasteiger partial charge < -0.3 is 14.2 Å². The van der Waals surface area contributed by atoms with E-state index in [1.807, 2.05) is 18.7 Å². The Morgan fingerprint density at radius 3 is 2.91 bits per heavy atom. The Labute approximate surface area is 137 Å². The van der Waals surface area contributed by atoms with Gasteiger partial charge in [-0.25, -0.2) is 0 Å². The minimum Gasteiger partial charge on any atom is -0.383 e. The molecule has 6 nitrogen and oxygen atoms in total. The van der Waals surface area contributed by atoms with Gasteiger partial charge in [0.2, 0.25) is 0 Å². The topological polar surface area (TPSA) is 58.8 Å². The second-order valence-corrected chi connectivity index (χ2v) is 7.06. The molecule has 23 heavy (non-hydrogen) atoms. The molecule has 6 heteroatoms. The molecule has 0 saturated carbocycles. The number of carbonyl (C=O) groups excluding carboxylic acids is 1. The lowest BCUT2D eigenvalue weighted by Gasteiger charge is -2.35. The van der Waals surface area contributed by atoms with Crippen LogP contribution in [0.3, 0.4) is 0 Å². The van der Waals surface area contributed by atoms with Crippen LogP contribution in [0.1, 0.15) is 48.9 Å². The molecule has 0 spiro atoms. The molecular formula is C17H27N3O3. The zero-order valence-corrected chi connectivity index (χ0v) is 14.3. The highest BCUT2D eigenvalue weighted by molar-refractivity contribution is 5.92.